The number of hydrogen-bond donors (Lipinski definition) is 1. The highest BCUT2D eigenvalue weighted by Crippen LogP contribution is 2.39. The molecule has 0 bridgehead atoms. The van der Waals surface area contributed by atoms with Crippen LogP contribution in [-0.2, 0) is 19.1 Å². The van der Waals surface area contributed by atoms with E-state index in [4.69, 9.17) is 9.47 Å². The zero-order valence-corrected chi connectivity index (χ0v) is 16.0. The number of allylic oxidation sites excluding steroid dienone is 2. The Morgan fingerprint density at radius 3 is 2.11 bits per heavy atom. The number of benzene rings is 1. The summed E-state index contributed by atoms with van der Waals surface area (Å²) in [6.07, 6.45) is 2.94. The molecule has 6 heteroatoms. The smallest absolute Gasteiger partial charge is 0.337 e. The van der Waals surface area contributed by atoms with Gasteiger partial charge in [-0.25, -0.2) is 9.59 Å². The maximum Gasteiger partial charge on any atom is 0.337 e. The first-order chi connectivity index (χ1) is 13.4. The normalized spacial score (nSPS) is 14.0. The number of rotatable bonds is 7. The fraction of sp³-hybridized carbons (Fsp3) is 0.227. The van der Waals surface area contributed by atoms with Crippen molar-refractivity contribution in [3.05, 3.63) is 83.2 Å². The molecule has 0 spiro atoms. The quantitative estimate of drug-likeness (QED) is 0.579. The molecule has 144 valence electrons. The fourth-order valence-electron chi connectivity index (χ4n) is 3.08. The second-order valence-electron chi connectivity index (χ2n) is 6.15. The monoisotopic (exact) mass is 378 g/mol. The van der Waals surface area contributed by atoms with Gasteiger partial charge in [0.05, 0.1) is 28.7 Å². The van der Waals surface area contributed by atoms with Gasteiger partial charge in [0, 0.05) is 11.4 Å². The van der Waals surface area contributed by atoms with E-state index in [1.165, 1.54) is 12.2 Å². The van der Waals surface area contributed by atoms with Crippen molar-refractivity contribution in [1.29, 1.82) is 5.26 Å². The minimum Gasteiger partial charge on any atom is -0.458 e. The van der Waals surface area contributed by atoms with Crippen molar-refractivity contribution >= 4 is 11.9 Å². The number of carbonyl (C=O) groups excluding carboxylic acids is 2. The molecule has 0 unspecified atom stereocenters. The van der Waals surface area contributed by atoms with Crippen LogP contribution in [0, 0.1) is 11.3 Å². The molecule has 1 aromatic carbocycles. The zero-order valence-electron chi connectivity index (χ0n) is 16.0. The van der Waals surface area contributed by atoms with Gasteiger partial charge >= 0.3 is 11.9 Å². The fourth-order valence-corrected chi connectivity index (χ4v) is 3.08. The number of nitriles is 1. The highest BCUT2D eigenvalue weighted by atomic mass is 16.5. The van der Waals surface area contributed by atoms with Crippen molar-refractivity contribution in [3.63, 3.8) is 0 Å². The van der Waals surface area contributed by atoms with Crippen LogP contribution in [0.2, 0.25) is 0 Å². The summed E-state index contributed by atoms with van der Waals surface area (Å²) in [7, 11) is 0. The van der Waals surface area contributed by atoms with E-state index in [2.05, 4.69) is 24.5 Å². The Bertz CT molecular complexity index is 873. The van der Waals surface area contributed by atoms with Gasteiger partial charge in [0.25, 0.3) is 0 Å². The first kappa shape index (κ1) is 20.7. The summed E-state index contributed by atoms with van der Waals surface area (Å²) in [6, 6.07) is 8.86. The van der Waals surface area contributed by atoms with Crippen LogP contribution in [0.3, 0.4) is 0 Å². The van der Waals surface area contributed by atoms with Crippen LogP contribution in [-0.4, -0.2) is 25.2 Å². The van der Waals surface area contributed by atoms with Crippen LogP contribution in [0.4, 0.5) is 0 Å². The molecule has 0 fully saturated rings. The minimum absolute atomic E-state index is 0.0412. The van der Waals surface area contributed by atoms with E-state index in [1.54, 1.807) is 38.1 Å². The van der Waals surface area contributed by atoms with Gasteiger partial charge in [-0.05, 0) is 31.5 Å². The van der Waals surface area contributed by atoms with Gasteiger partial charge in [-0.2, -0.15) is 5.26 Å². The first-order valence-corrected chi connectivity index (χ1v) is 8.69. The summed E-state index contributed by atoms with van der Waals surface area (Å²) in [6.45, 7) is 10.7. The number of hydrogen-bond acceptors (Lipinski definition) is 6. The Morgan fingerprint density at radius 1 is 1.11 bits per heavy atom. The largest absolute Gasteiger partial charge is 0.458 e. The molecule has 0 aliphatic carbocycles. The molecule has 0 saturated heterocycles. The van der Waals surface area contributed by atoms with Gasteiger partial charge in [-0.1, -0.05) is 37.4 Å². The third-order valence-corrected chi connectivity index (χ3v) is 4.21. The Labute approximate surface area is 164 Å². The molecule has 6 nitrogen and oxygen atoms in total. The van der Waals surface area contributed by atoms with Crippen molar-refractivity contribution in [2.24, 2.45) is 0 Å². The summed E-state index contributed by atoms with van der Waals surface area (Å²) in [5.74, 6) is -1.87. The lowest BCUT2D eigenvalue weighted by atomic mass is 9.80. The molecular weight excluding hydrogens is 356 g/mol. The maximum atomic E-state index is 12.8. The molecule has 0 saturated carbocycles. The number of esters is 2. The van der Waals surface area contributed by atoms with Crippen molar-refractivity contribution < 1.29 is 19.1 Å². The summed E-state index contributed by atoms with van der Waals surface area (Å²) in [5.41, 5.74) is 2.75. The van der Waals surface area contributed by atoms with Gasteiger partial charge in [-0.15, -0.1) is 0 Å². The second-order valence-corrected chi connectivity index (χ2v) is 6.15. The van der Waals surface area contributed by atoms with Crippen LogP contribution in [0.15, 0.2) is 72.1 Å². The second kappa shape index (κ2) is 9.38. The highest BCUT2D eigenvalue weighted by Gasteiger charge is 2.38. The molecule has 0 amide bonds. The van der Waals surface area contributed by atoms with Gasteiger partial charge in [0.2, 0.25) is 0 Å². The molecule has 1 aromatic rings. The van der Waals surface area contributed by atoms with E-state index in [9.17, 15) is 14.9 Å². The van der Waals surface area contributed by atoms with Crippen LogP contribution in [0.5, 0.6) is 0 Å². The van der Waals surface area contributed by atoms with E-state index in [0.717, 1.165) is 0 Å². The van der Waals surface area contributed by atoms with E-state index in [1.807, 2.05) is 0 Å². The third-order valence-electron chi connectivity index (χ3n) is 4.21. The standard InChI is InChI=1S/C22H22N2O4/c1-5-10-27-21(25)18-14(3)24-15(4)19(22(26)28-11-6-2)20(18)17-9-7-8-16(12-17)13-23/h5-9,12,20,24H,1-2,10-11H2,3-4H3. The third kappa shape index (κ3) is 4.38. The highest BCUT2D eigenvalue weighted by molar-refractivity contribution is 6.00. The molecule has 0 atom stereocenters. The topological polar surface area (TPSA) is 88.4 Å². The summed E-state index contributed by atoms with van der Waals surface area (Å²) < 4.78 is 10.5. The SMILES string of the molecule is C=CCOC(=O)C1=C(C)NC(C)=C(C(=O)OCC=C)C1c1cccc(C#N)c1. The Kier molecular flexibility index (Phi) is 6.94. The van der Waals surface area contributed by atoms with Crippen molar-refractivity contribution in [2.75, 3.05) is 13.2 Å². The molecule has 2 rings (SSSR count). The maximum absolute atomic E-state index is 12.8. The Morgan fingerprint density at radius 2 is 1.64 bits per heavy atom. The lowest BCUT2D eigenvalue weighted by molar-refractivity contribution is -0.138. The molecular formula is C22H22N2O4. The first-order valence-electron chi connectivity index (χ1n) is 8.69. The van der Waals surface area contributed by atoms with Crippen LogP contribution in [0.25, 0.3) is 0 Å². The molecule has 0 radical (unpaired) electrons. The number of ether oxygens (including phenoxy) is 2. The van der Waals surface area contributed by atoms with E-state index in [0.29, 0.717) is 22.5 Å². The Hall–Kier alpha value is -3.59. The predicted molar refractivity (Wildman–Crippen MR) is 105 cm³/mol. The van der Waals surface area contributed by atoms with E-state index in [-0.39, 0.29) is 24.4 Å². The molecule has 1 N–H and O–H groups in total. The van der Waals surface area contributed by atoms with Gasteiger partial charge in [0.1, 0.15) is 13.2 Å². The number of carbonyl (C=O) groups is 2. The molecule has 1 aliphatic heterocycles. The lowest BCUT2D eigenvalue weighted by Crippen LogP contribution is -2.32. The number of dihydropyridines is 1. The molecule has 28 heavy (non-hydrogen) atoms. The minimum atomic E-state index is -0.732. The molecule has 1 heterocycles. The average molecular weight is 378 g/mol. The van der Waals surface area contributed by atoms with Crippen molar-refractivity contribution in [2.45, 2.75) is 19.8 Å². The summed E-state index contributed by atoms with van der Waals surface area (Å²) >= 11 is 0. The molecule has 1 aliphatic rings. The van der Waals surface area contributed by atoms with Crippen molar-refractivity contribution in [1.82, 2.24) is 5.32 Å². The van der Waals surface area contributed by atoms with Gasteiger partial charge in [-0.3, -0.25) is 0 Å². The van der Waals surface area contributed by atoms with Crippen LogP contribution < -0.4 is 5.32 Å². The van der Waals surface area contributed by atoms with Crippen LogP contribution >= 0.6 is 0 Å². The van der Waals surface area contributed by atoms with E-state index < -0.39 is 17.9 Å². The lowest BCUT2D eigenvalue weighted by Gasteiger charge is -2.30. The number of nitrogens with zero attached hydrogens (tertiary/aromatic N) is 1. The predicted octanol–water partition coefficient (Wildman–Crippen LogP) is 3.25. The van der Waals surface area contributed by atoms with Crippen LogP contribution in [0.1, 0.15) is 30.9 Å². The average Bonchev–Trinajstić information content (AvgIpc) is 2.69. The van der Waals surface area contributed by atoms with E-state index >= 15 is 0 Å². The molecule has 0 aromatic heterocycles. The summed E-state index contributed by atoms with van der Waals surface area (Å²) in [4.78, 5) is 25.5. The van der Waals surface area contributed by atoms with Gasteiger partial charge in [0.15, 0.2) is 0 Å². The van der Waals surface area contributed by atoms with Crippen molar-refractivity contribution in [3.8, 4) is 6.07 Å². The van der Waals surface area contributed by atoms with Gasteiger partial charge < -0.3 is 14.8 Å². The Balaban J connectivity index is 2.62. The zero-order chi connectivity index (χ0) is 20.7. The summed E-state index contributed by atoms with van der Waals surface area (Å²) in [5, 5.41) is 12.3. The number of nitrogens with one attached hydrogen (secondary N) is 1.